The smallest absolute Gasteiger partial charge is 0.0896 e. The average Bonchev–Trinajstić information content (AvgIpc) is 2.72. The second-order valence-corrected chi connectivity index (χ2v) is 6.22. The van der Waals surface area contributed by atoms with Crippen LogP contribution in [-0.4, -0.2) is 16.7 Å². The van der Waals surface area contributed by atoms with Gasteiger partial charge in [-0.3, -0.25) is 0 Å². The molecule has 1 heterocycles. The number of rotatable bonds is 4. The lowest BCUT2D eigenvalue weighted by molar-refractivity contribution is 0.265. The van der Waals surface area contributed by atoms with Crippen LogP contribution >= 0.6 is 27.3 Å². The molecule has 2 nitrogen and oxygen atoms in total. The minimum absolute atomic E-state index is 0.146. The lowest BCUT2D eigenvalue weighted by Crippen LogP contribution is -2.06. The van der Waals surface area contributed by atoms with Gasteiger partial charge in [0.1, 0.15) is 0 Å². The quantitative estimate of drug-likeness (QED) is 0.937. The maximum absolute atomic E-state index is 9.51. The van der Waals surface area contributed by atoms with E-state index in [0.29, 0.717) is 0 Å². The third-order valence-electron chi connectivity index (χ3n) is 2.66. The van der Waals surface area contributed by atoms with Crippen molar-refractivity contribution in [2.24, 2.45) is 0 Å². The number of benzene rings is 1. The van der Waals surface area contributed by atoms with Crippen molar-refractivity contribution in [2.75, 3.05) is 6.61 Å². The Morgan fingerprint density at radius 3 is 2.88 bits per heavy atom. The molecule has 17 heavy (non-hydrogen) atoms. The standard InChI is InChI=1S/C13H14BrNOS/c1-9-15-7-13(17-9)6-11(8-16)10-3-2-4-12(14)5-10/h2-5,7,11,16H,6,8H2,1H3. The summed E-state index contributed by atoms with van der Waals surface area (Å²) in [5, 5.41) is 10.6. The fourth-order valence-electron chi connectivity index (χ4n) is 1.79. The van der Waals surface area contributed by atoms with Crippen molar-refractivity contribution in [2.45, 2.75) is 19.3 Å². The van der Waals surface area contributed by atoms with Crippen LogP contribution in [0, 0.1) is 6.92 Å². The molecule has 0 bridgehead atoms. The fourth-order valence-corrected chi connectivity index (χ4v) is 3.08. The summed E-state index contributed by atoms with van der Waals surface area (Å²) in [4.78, 5) is 5.47. The van der Waals surface area contributed by atoms with Gasteiger partial charge in [0.15, 0.2) is 0 Å². The molecule has 0 radical (unpaired) electrons. The van der Waals surface area contributed by atoms with E-state index < -0.39 is 0 Å². The molecule has 1 N–H and O–H groups in total. The van der Waals surface area contributed by atoms with Gasteiger partial charge in [-0.1, -0.05) is 28.1 Å². The molecule has 4 heteroatoms. The van der Waals surface area contributed by atoms with Crippen LogP contribution in [0.25, 0.3) is 0 Å². The van der Waals surface area contributed by atoms with Crippen molar-refractivity contribution in [3.05, 3.63) is 50.4 Å². The topological polar surface area (TPSA) is 33.1 Å². The molecule has 0 aliphatic heterocycles. The molecule has 1 aromatic carbocycles. The third kappa shape index (κ3) is 3.37. The average molecular weight is 312 g/mol. The van der Waals surface area contributed by atoms with Crippen LogP contribution in [0.3, 0.4) is 0 Å². The first kappa shape index (κ1) is 12.7. The molecule has 1 unspecified atom stereocenters. The molecule has 0 saturated carbocycles. The number of aryl methyl sites for hydroxylation is 1. The summed E-state index contributed by atoms with van der Waals surface area (Å²) in [6, 6.07) is 8.11. The normalized spacial score (nSPS) is 12.6. The second-order valence-electron chi connectivity index (χ2n) is 3.98. The number of aliphatic hydroxyl groups is 1. The maximum Gasteiger partial charge on any atom is 0.0896 e. The fraction of sp³-hybridized carbons (Fsp3) is 0.308. The molecule has 2 rings (SSSR count). The lowest BCUT2D eigenvalue weighted by Gasteiger charge is -2.13. The minimum Gasteiger partial charge on any atom is -0.396 e. The number of halogens is 1. The second kappa shape index (κ2) is 5.76. The highest BCUT2D eigenvalue weighted by Crippen LogP contribution is 2.25. The van der Waals surface area contributed by atoms with E-state index >= 15 is 0 Å². The van der Waals surface area contributed by atoms with E-state index in [-0.39, 0.29) is 12.5 Å². The highest BCUT2D eigenvalue weighted by Gasteiger charge is 2.13. The summed E-state index contributed by atoms with van der Waals surface area (Å²) in [6.07, 6.45) is 2.75. The monoisotopic (exact) mass is 311 g/mol. The van der Waals surface area contributed by atoms with Crippen LogP contribution < -0.4 is 0 Å². The molecule has 0 saturated heterocycles. The Morgan fingerprint density at radius 2 is 2.29 bits per heavy atom. The van der Waals surface area contributed by atoms with Crippen molar-refractivity contribution in [1.82, 2.24) is 4.98 Å². The van der Waals surface area contributed by atoms with Crippen LogP contribution in [0.4, 0.5) is 0 Å². The number of aliphatic hydroxyl groups excluding tert-OH is 1. The lowest BCUT2D eigenvalue weighted by atomic mass is 9.96. The zero-order valence-corrected chi connectivity index (χ0v) is 12.0. The van der Waals surface area contributed by atoms with Gasteiger partial charge in [-0.05, 0) is 31.0 Å². The molecule has 0 aliphatic rings. The van der Waals surface area contributed by atoms with Crippen molar-refractivity contribution >= 4 is 27.3 Å². The molecule has 90 valence electrons. The molecule has 0 spiro atoms. The van der Waals surface area contributed by atoms with Gasteiger partial charge in [-0.15, -0.1) is 11.3 Å². The maximum atomic E-state index is 9.51. The van der Waals surface area contributed by atoms with E-state index in [2.05, 4.69) is 33.0 Å². The molecular weight excluding hydrogens is 298 g/mol. The first-order valence-corrected chi connectivity index (χ1v) is 7.07. The number of nitrogens with zero attached hydrogens (tertiary/aromatic N) is 1. The molecule has 0 aliphatic carbocycles. The zero-order valence-electron chi connectivity index (χ0n) is 9.56. The SMILES string of the molecule is Cc1ncc(CC(CO)c2cccc(Br)c2)s1. The van der Waals surface area contributed by atoms with E-state index in [9.17, 15) is 5.11 Å². The number of aromatic nitrogens is 1. The Balaban J connectivity index is 2.16. The van der Waals surface area contributed by atoms with Gasteiger partial charge in [0.05, 0.1) is 11.6 Å². The van der Waals surface area contributed by atoms with Crippen molar-refractivity contribution < 1.29 is 5.11 Å². The Hall–Kier alpha value is -0.710. The van der Waals surface area contributed by atoms with E-state index in [1.807, 2.05) is 25.3 Å². The Morgan fingerprint density at radius 1 is 1.47 bits per heavy atom. The molecular formula is C13H14BrNOS. The van der Waals surface area contributed by atoms with Gasteiger partial charge in [0.2, 0.25) is 0 Å². The minimum atomic E-state index is 0.146. The molecule has 0 amide bonds. The van der Waals surface area contributed by atoms with Crippen LogP contribution in [-0.2, 0) is 6.42 Å². The first-order chi connectivity index (χ1) is 8.19. The summed E-state index contributed by atoms with van der Waals surface area (Å²) >= 11 is 5.15. The van der Waals surface area contributed by atoms with Gasteiger partial charge in [0, 0.05) is 21.5 Å². The predicted octanol–water partition coefficient (Wildman–Crippen LogP) is 3.53. The van der Waals surface area contributed by atoms with E-state index in [1.54, 1.807) is 11.3 Å². The first-order valence-electron chi connectivity index (χ1n) is 5.46. The van der Waals surface area contributed by atoms with Crippen LogP contribution in [0.2, 0.25) is 0 Å². The van der Waals surface area contributed by atoms with Gasteiger partial charge in [-0.25, -0.2) is 4.98 Å². The molecule has 1 atom stereocenters. The molecule has 2 aromatic rings. The summed E-state index contributed by atoms with van der Waals surface area (Å²) in [5.74, 6) is 0.146. The number of hydrogen-bond acceptors (Lipinski definition) is 3. The van der Waals surface area contributed by atoms with Gasteiger partial charge < -0.3 is 5.11 Å². The summed E-state index contributed by atoms with van der Waals surface area (Å²) < 4.78 is 1.05. The van der Waals surface area contributed by atoms with E-state index in [4.69, 9.17) is 0 Å². The van der Waals surface area contributed by atoms with Gasteiger partial charge in [0.25, 0.3) is 0 Å². The number of thiazole rings is 1. The Labute approximate surface area is 113 Å². The van der Waals surface area contributed by atoms with Crippen LogP contribution in [0.1, 0.15) is 21.4 Å². The third-order valence-corrected chi connectivity index (χ3v) is 4.09. The largest absolute Gasteiger partial charge is 0.396 e. The predicted molar refractivity (Wildman–Crippen MR) is 74.5 cm³/mol. The van der Waals surface area contributed by atoms with Gasteiger partial charge >= 0.3 is 0 Å². The van der Waals surface area contributed by atoms with Crippen molar-refractivity contribution in [1.29, 1.82) is 0 Å². The van der Waals surface area contributed by atoms with E-state index in [1.165, 1.54) is 4.88 Å². The zero-order chi connectivity index (χ0) is 12.3. The highest BCUT2D eigenvalue weighted by molar-refractivity contribution is 9.10. The van der Waals surface area contributed by atoms with Crippen LogP contribution in [0.15, 0.2) is 34.9 Å². The summed E-state index contributed by atoms with van der Waals surface area (Å²) in [5.41, 5.74) is 1.16. The molecule has 1 aromatic heterocycles. The van der Waals surface area contributed by atoms with Crippen LogP contribution in [0.5, 0.6) is 0 Å². The Kier molecular flexibility index (Phi) is 4.31. The number of hydrogen-bond donors (Lipinski definition) is 1. The highest BCUT2D eigenvalue weighted by atomic mass is 79.9. The van der Waals surface area contributed by atoms with Gasteiger partial charge in [-0.2, -0.15) is 0 Å². The summed E-state index contributed by atoms with van der Waals surface area (Å²) in [6.45, 7) is 2.16. The Bertz CT molecular complexity index is 498. The van der Waals surface area contributed by atoms with E-state index in [0.717, 1.165) is 21.5 Å². The molecule has 0 fully saturated rings. The van der Waals surface area contributed by atoms with Crippen molar-refractivity contribution in [3.8, 4) is 0 Å². The van der Waals surface area contributed by atoms with Crippen molar-refractivity contribution in [3.63, 3.8) is 0 Å². The summed E-state index contributed by atoms with van der Waals surface area (Å²) in [7, 11) is 0.